The van der Waals surface area contributed by atoms with Crippen molar-refractivity contribution in [2.75, 3.05) is 10.6 Å². The average Bonchev–Trinajstić information content (AvgIpc) is 3.42. The minimum absolute atomic E-state index is 0.0581. The van der Waals surface area contributed by atoms with E-state index in [-0.39, 0.29) is 34.8 Å². The Morgan fingerprint density at radius 1 is 0.893 bits per heavy atom. The summed E-state index contributed by atoms with van der Waals surface area (Å²) < 4.78 is 0. The number of carbonyl (C=O) groups excluding carboxylic acids is 3. The fourth-order valence-electron chi connectivity index (χ4n) is 3.30. The van der Waals surface area contributed by atoms with Gasteiger partial charge in [-0.25, -0.2) is 0 Å². The van der Waals surface area contributed by atoms with Gasteiger partial charge in [0.05, 0.1) is 11.8 Å². The number of benzene rings is 2. The number of hydrogen-bond acceptors (Lipinski definition) is 3. The summed E-state index contributed by atoms with van der Waals surface area (Å²) in [7, 11) is 0. The van der Waals surface area contributed by atoms with E-state index in [4.69, 9.17) is 0 Å². The second-order valence-corrected chi connectivity index (χ2v) is 8.36. The first-order valence-electron chi connectivity index (χ1n) is 9.49. The van der Waals surface area contributed by atoms with Crippen LogP contribution in [0.1, 0.15) is 50.0 Å². The maximum atomic E-state index is 12.6. The summed E-state index contributed by atoms with van der Waals surface area (Å²) in [4.78, 5) is 36.6. The largest absolute Gasteiger partial charge is 0.326 e. The molecule has 146 valence electrons. The van der Waals surface area contributed by atoms with Crippen molar-refractivity contribution in [2.45, 2.75) is 39.5 Å². The van der Waals surface area contributed by atoms with Crippen LogP contribution in [0.15, 0.2) is 48.5 Å². The molecule has 2 amide bonds. The summed E-state index contributed by atoms with van der Waals surface area (Å²) in [6.07, 6.45) is 0.530. The van der Waals surface area contributed by atoms with Gasteiger partial charge in [-0.05, 0) is 42.5 Å². The molecule has 0 aliphatic heterocycles. The maximum absolute atomic E-state index is 12.6. The summed E-state index contributed by atoms with van der Waals surface area (Å²) in [5.41, 5.74) is 2.88. The molecule has 5 nitrogen and oxygen atoms in total. The van der Waals surface area contributed by atoms with Crippen molar-refractivity contribution in [2.24, 2.45) is 11.8 Å². The van der Waals surface area contributed by atoms with E-state index in [0.717, 1.165) is 11.3 Å². The molecule has 28 heavy (non-hydrogen) atoms. The molecule has 3 rings (SSSR count). The lowest BCUT2D eigenvalue weighted by molar-refractivity contribution is -0.122. The van der Waals surface area contributed by atoms with E-state index >= 15 is 0 Å². The van der Waals surface area contributed by atoms with Crippen molar-refractivity contribution in [1.82, 2.24) is 0 Å². The molecular weight excluding hydrogens is 352 g/mol. The highest BCUT2D eigenvalue weighted by Crippen LogP contribution is 2.41. The molecule has 0 bridgehead atoms. The highest BCUT2D eigenvalue weighted by atomic mass is 16.2. The molecule has 2 unspecified atom stereocenters. The number of amides is 2. The van der Waals surface area contributed by atoms with Gasteiger partial charge in [-0.3, -0.25) is 14.4 Å². The number of hydrogen-bond donors (Lipinski definition) is 2. The number of para-hydroxylation sites is 1. The lowest BCUT2D eigenvalue weighted by Crippen LogP contribution is -2.22. The lowest BCUT2D eigenvalue weighted by Gasteiger charge is -2.23. The zero-order chi connectivity index (χ0) is 20.5. The molecule has 2 aromatic rings. The molecule has 2 N–H and O–H groups in total. The first kappa shape index (κ1) is 19.8. The highest BCUT2D eigenvalue weighted by molar-refractivity contribution is 6.04. The van der Waals surface area contributed by atoms with E-state index in [2.05, 4.69) is 31.4 Å². The number of anilines is 2. The normalized spacial score (nSPS) is 18.3. The van der Waals surface area contributed by atoms with Gasteiger partial charge in [0.25, 0.3) is 0 Å². The molecule has 0 saturated heterocycles. The third-order valence-electron chi connectivity index (χ3n) is 4.99. The van der Waals surface area contributed by atoms with Crippen LogP contribution >= 0.6 is 0 Å². The standard InChI is InChI=1S/C23H26N2O3/c1-14(26)15-8-7-9-16(12-15)24-21(27)17-13-18(17)22(28)25-20-11-6-5-10-19(20)23(2,3)4/h5-12,17-18H,13H2,1-4H3,(H,24,27)(H,25,28). The molecule has 0 radical (unpaired) electrons. The Balaban J connectivity index is 1.63. The molecule has 0 aromatic heterocycles. The fraction of sp³-hybridized carbons (Fsp3) is 0.348. The van der Waals surface area contributed by atoms with Crippen LogP contribution < -0.4 is 10.6 Å². The topological polar surface area (TPSA) is 75.3 Å². The minimum atomic E-state index is -0.345. The third kappa shape index (κ3) is 4.47. The Kier molecular flexibility index (Phi) is 5.36. The Morgan fingerprint density at radius 3 is 2.18 bits per heavy atom. The number of carbonyl (C=O) groups is 3. The van der Waals surface area contributed by atoms with Gasteiger partial charge < -0.3 is 10.6 Å². The van der Waals surface area contributed by atoms with Crippen molar-refractivity contribution in [1.29, 1.82) is 0 Å². The van der Waals surface area contributed by atoms with Gasteiger partial charge in [-0.15, -0.1) is 0 Å². The second kappa shape index (κ2) is 7.58. The van der Waals surface area contributed by atoms with Crippen molar-refractivity contribution >= 4 is 29.0 Å². The van der Waals surface area contributed by atoms with Crippen LogP contribution in [-0.2, 0) is 15.0 Å². The van der Waals surface area contributed by atoms with Gasteiger partial charge in [0.15, 0.2) is 5.78 Å². The van der Waals surface area contributed by atoms with E-state index in [9.17, 15) is 14.4 Å². The predicted molar refractivity (Wildman–Crippen MR) is 110 cm³/mol. The molecule has 1 aliphatic rings. The zero-order valence-corrected chi connectivity index (χ0v) is 16.7. The molecule has 2 atom stereocenters. The number of ketones is 1. The summed E-state index contributed by atoms with van der Waals surface area (Å²) >= 11 is 0. The number of nitrogens with one attached hydrogen (secondary N) is 2. The Hall–Kier alpha value is -2.95. The lowest BCUT2D eigenvalue weighted by atomic mass is 9.86. The quantitative estimate of drug-likeness (QED) is 0.757. The van der Waals surface area contributed by atoms with Crippen molar-refractivity contribution in [3.8, 4) is 0 Å². The summed E-state index contributed by atoms with van der Waals surface area (Å²) in [6, 6.07) is 14.6. The Bertz CT molecular complexity index is 927. The molecule has 2 aromatic carbocycles. The summed E-state index contributed by atoms with van der Waals surface area (Å²) in [5.74, 6) is -1.05. The van der Waals surface area contributed by atoms with Crippen LogP contribution in [0.3, 0.4) is 0 Å². The summed E-state index contributed by atoms with van der Waals surface area (Å²) in [6.45, 7) is 7.78. The maximum Gasteiger partial charge on any atom is 0.228 e. The molecule has 5 heteroatoms. The van der Waals surface area contributed by atoms with Gasteiger partial charge in [0, 0.05) is 16.9 Å². The number of rotatable bonds is 5. The number of Topliss-reactive ketones (excluding diaryl/α,β-unsaturated/α-hetero) is 1. The Morgan fingerprint density at radius 2 is 1.54 bits per heavy atom. The van der Waals surface area contributed by atoms with E-state index in [1.165, 1.54) is 6.92 Å². The van der Waals surface area contributed by atoms with Crippen molar-refractivity contribution < 1.29 is 14.4 Å². The summed E-state index contributed by atoms with van der Waals surface area (Å²) in [5, 5.41) is 5.80. The van der Waals surface area contributed by atoms with Crippen molar-refractivity contribution in [3.05, 3.63) is 59.7 Å². The molecular formula is C23H26N2O3. The highest BCUT2D eigenvalue weighted by Gasteiger charge is 2.48. The molecule has 0 heterocycles. The first-order valence-corrected chi connectivity index (χ1v) is 9.49. The van der Waals surface area contributed by atoms with Crippen LogP contribution in [0.4, 0.5) is 11.4 Å². The monoisotopic (exact) mass is 378 g/mol. The van der Waals surface area contributed by atoms with Gasteiger partial charge in [0.1, 0.15) is 0 Å². The van der Waals surface area contributed by atoms with Crippen LogP contribution in [-0.4, -0.2) is 17.6 Å². The van der Waals surface area contributed by atoms with E-state index in [1.807, 2.05) is 24.3 Å². The van der Waals surface area contributed by atoms with Gasteiger partial charge in [-0.2, -0.15) is 0 Å². The van der Waals surface area contributed by atoms with Gasteiger partial charge in [0.2, 0.25) is 11.8 Å². The predicted octanol–water partition coefficient (Wildman–Crippen LogP) is 4.40. The first-order chi connectivity index (χ1) is 13.2. The SMILES string of the molecule is CC(=O)c1cccc(NC(=O)C2CC2C(=O)Nc2ccccc2C(C)(C)C)c1. The zero-order valence-electron chi connectivity index (χ0n) is 16.7. The van der Waals surface area contributed by atoms with Gasteiger partial charge >= 0.3 is 0 Å². The smallest absolute Gasteiger partial charge is 0.228 e. The fourth-order valence-corrected chi connectivity index (χ4v) is 3.30. The van der Waals surface area contributed by atoms with E-state index < -0.39 is 0 Å². The van der Waals surface area contributed by atoms with Crippen LogP contribution in [0.5, 0.6) is 0 Å². The molecule has 1 saturated carbocycles. The van der Waals surface area contributed by atoms with E-state index in [0.29, 0.717) is 17.7 Å². The van der Waals surface area contributed by atoms with Crippen LogP contribution in [0, 0.1) is 11.8 Å². The molecule has 1 fully saturated rings. The minimum Gasteiger partial charge on any atom is -0.326 e. The Labute approximate surface area is 165 Å². The molecule has 0 spiro atoms. The van der Waals surface area contributed by atoms with E-state index in [1.54, 1.807) is 24.3 Å². The third-order valence-corrected chi connectivity index (χ3v) is 4.99. The van der Waals surface area contributed by atoms with Gasteiger partial charge in [-0.1, -0.05) is 51.1 Å². The van der Waals surface area contributed by atoms with Crippen molar-refractivity contribution in [3.63, 3.8) is 0 Å². The second-order valence-electron chi connectivity index (χ2n) is 8.36. The molecule has 1 aliphatic carbocycles. The van der Waals surface area contributed by atoms with Crippen LogP contribution in [0.2, 0.25) is 0 Å². The van der Waals surface area contributed by atoms with Crippen LogP contribution in [0.25, 0.3) is 0 Å². The average molecular weight is 378 g/mol.